The van der Waals surface area contributed by atoms with Crippen LogP contribution in [0.3, 0.4) is 0 Å². The average molecular weight is 374 g/mol. The van der Waals surface area contributed by atoms with Gasteiger partial charge in [-0.3, -0.25) is 10.1 Å². The topological polar surface area (TPSA) is 93.2 Å². The molecule has 0 saturated heterocycles. The van der Waals surface area contributed by atoms with Gasteiger partial charge in [-0.05, 0) is 36.8 Å². The van der Waals surface area contributed by atoms with Crippen molar-refractivity contribution < 1.29 is 14.3 Å². The number of esters is 1. The molecular weight excluding hydrogens is 352 g/mol. The van der Waals surface area contributed by atoms with Crippen molar-refractivity contribution >= 4 is 28.5 Å². The Morgan fingerprint density at radius 2 is 2.15 bits per heavy atom. The quantitative estimate of drug-likeness (QED) is 0.757. The number of ether oxygens (including phenoxy) is 1. The molecule has 1 atom stereocenters. The highest BCUT2D eigenvalue weighted by Gasteiger charge is 2.21. The highest BCUT2D eigenvalue weighted by molar-refractivity contribution is 7.15. The molecule has 1 aliphatic carbocycles. The number of nitrogens with one attached hydrogen (secondary N) is 2. The van der Waals surface area contributed by atoms with Crippen LogP contribution in [0.5, 0.6) is 0 Å². The monoisotopic (exact) mass is 374 g/mol. The number of benzene rings is 1. The fourth-order valence-corrected chi connectivity index (χ4v) is 3.86. The lowest BCUT2D eigenvalue weighted by Crippen LogP contribution is -2.34. The maximum Gasteiger partial charge on any atom is 0.321 e. The Morgan fingerprint density at radius 3 is 3.00 bits per heavy atom. The predicted molar refractivity (Wildman–Crippen MR) is 99.1 cm³/mol. The number of nitrogens with zero attached hydrogens (tertiary/aromatic N) is 2. The summed E-state index contributed by atoms with van der Waals surface area (Å²) in [5, 5.41) is 15.1. The van der Waals surface area contributed by atoms with Gasteiger partial charge in [0.05, 0.1) is 13.2 Å². The van der Waals surface area contributed by atoms with E-state index < -0.39 is 0 Å². The molecule has 1 aromatic carbocycles. The predicted octanol–water partition coefficient (Wildman–Crippen LogP) is 3.23. The summed E-state index contributed by atoms with van der Waals surface area (Å²) in [6.45, 7) is 0. The van der Waals surface area contributed by atoms with E-state index in [4.69, 9.17) is 0 Å². The molecule has 0 bridgehead atoms. The Kier molecular flexibility index (Phi) is 6.17. The SMILES string of the molecule is COC(=O)CCCc1nnc(NC(=O)NC2CCCc3ccccc32)s1. The van der Waals surface area contributed by atoms with Crippen LogP contribution in [0.4, 0.5) is 9.93 Å². The first-order chi connectivity index (χ1) is 12.7. The fraction of sp³-hybridized carbons (Fsp3) is 0.444. The highest BCUT2D eigenvalue weighted by Crippen LogP contribution is 2.29. The second-order valence-electron chi connectivity index (χ2n) is 6.17. The minimum Gasteiger partial charge on any atom is -0.469 e. The van der Waals surface area contributed by atoms with Crippen molar-refractivity contribution in [3.8, 4) is 0 Å². The zero-order valence-corrected chi connectivity index (χ0v) is 15.5. The smallest absolute Gasteiger partial charge is 0.321 e. The summed E-state index contributed by atoms with van der Waals surface area (Å²) in [6.07, 6.45) is 4.67. The van der Waals surface area contributed by atoms with Crippen LogP contribution in [0.25, 0.3) is 0 Å². The number of hydrogen-bond acceptors (Lipinski definition) is 6. The third-order valence-corrected chi connectivity index (χ3v) is 5.26. The molecule has 1 aromatic heterocycles. The Balaban J connectivity index is 1.51. The molecule has 2 N–H and O–H groups in total. The van der Waals surface area contributed by atoms with Gasteiger partial charge in [0, 0.05) is 12.8 Å². The van der Waals surface area contributed by atoms with Crippen LogP contribution in [0.2, 0.25) is 0 Å². The molecule has 0 spiro atoms. The van der Waals surface area contributed by atoms with E-state index in [0.717, 1.165) is 24.3 Å². The summed E-state index contributed by atoms with van der Waals surface area (Å²) in [7, 11) is 1.37. The molecule has 2 aromatic rings. The zero-order chi connectivity index (χ0) is 18.4. The van der Waals surface area contributed by atoms with Gasteiger partial charge < -0.3 is 10.1 Å². The lowest BCUT2D eigenvalue weighted by molar-refractivity contribution is -0.140. The van der Waals surface area contributed by atoms with Crippen molar-refractivity contribution in [1.82, 2.24) is 15.5 Å². The number of amides is 2. The zero-order valence-electron chi connectivity index (χ0n) is 14.7. The number of urea groups is 1. The molecular formula is C18H22N4O3S. The second-order valence-corrected chi connectivity index (χ2v) is 7.23. The van der Waals surface area contributed by atoms with Gasteiger partial charge in [0.25, 0.3) is 0 Å². The van der Waals surface area contributed by atoms with Crippen molar-refractivity contribution in [2.45, 2.75) is 44.6 Å². The molecule has 26 heavy (non-hydrogen) atoms. The number of hydrogen-bond donors (Lipinski definition) is 2. The number of carbonyl (C=O) groups is 2. The summed E-state index contributed by atoms with van der Waals surface area (Å²) in [5.41, 5.74) is 2.49. The second kappa shape index (κ2) is 8.75. The van der Waals surface area contributed by atoms with Crippen molar-refractivity contribution in [1.29, 1.82) is 0 Å². The summed E-state index contributed by atoms with van der Waals surface area (Å²) < 4.78 is 4.61. The van der Waals surface area contributed by atoms with Gasteiger partial charge in [0.15, 0.2) is 0 Å². The van der Waals surface area contributed by atoms with Crippen molar-refractivity contribution in [3.63, 3.8) is 0 Å². The largest absolute Gasteiger partial charge is 0.469 e. The Morgan fingerprint density at radius 1 is 1.31 bits per heavy atom. The van der Waals surface area contributed by atoms with Crippen molar-refractivity contribution in [2.75, 3.05) is 12.4 Å². The molecule has 1 aliphatic rings. The normalized spacial score (nSPS) is 15.8. The lowest BCUT2D eigenvalue weighted by Gasteiger charge is -2.26. The molecule has 0 fully saturated rings. The third kappa shape index (κ3) is 4.78. The summed E-state index contributed by atoms with van der Waals surface area (Å²) in [6, 6.07) is 7.97. The number of carbonyl (C=O) groups excluding carboxylic acids is 2. The van der Waals surface area contributed by atoms with Gasteiger partial charge in [-0.25, -0.2) is 4.79 Å². The van der Waals surface area contributed by atoms with Crippen LogP contribution in [-0.4, -0.2) is 29.3 Å². The number of aryl methyl sites for hydroxylation is 2. The maximum atomic E-state index is 12.3. The minimum atomic E-state index is -0.274. The Labute approximate surface area is 156 Å². The Bertz CT molecular complexity index is 777. The van der Waals surface area contributed by atoms with Crippen molar-refractivity contribution in [3.05, 3.63) is 40.4 Å². The molecule has 1 heterocycles. The first-order valence-corrected chi connectivity index (χ1v) is 9.52. The molecule has 2 amide bonds. The number of methoxy groups -OCH3 is 1. The number of anilines is 1. The van der Waals surface area contributed by atoms with Gasteiger partial charge in [0.2, 0.25) is 5.13 Å². The fourth-order valence-electron chi connectivity index (χ4n) is 3.09. The van der Waals surface area contributed by atoms with Gasteiger partial charge in [0.1, 0.15) is 5.01 Å². The molecule has 138 valence electrons. The lowest BCUT2D eigenvalue weighted by atomic mass is 9.88. The van der Waals surface area contributed by atoms with E-state index in [2.05, 4.69) is 37.7 Å². The minimum absolute atomic E-state index is 0.0207. The van der Waals surface area contributed by atoms with Gasteiger partial charge in [-0.15, -0.1) is 10.2 Å². The first-order valence-electron chi connectivity index (χ1n) is 8.70. The van der Waals surface area contributed by atoms with E-state index in [1.54, 1.807) is 0 Å². The maximum absolute atomic E-state index is 12.3. The van der Waals surface area contributed by atoms with E-state index in [9.17, 15) is 9.59 Å². The molecule has 7 nitrogen and oxygen atoms in total. The third-order valence-electron chi connectivity index (χ3n) is 4.36. The summed E-state index contributed by atoms with van der Waals surface area (Å²) in [4.78, 5) is 23.4. The Hall–Kier alpha value is -2.48. The van der Waals surface area contributed by atoms with Crippen LogP contribution in [0.1, 0.15) is 47.9 Å². The standard InChI is InChI=1S/C18H22N4O3S/c1-25-16(23)11-5-10-15-21-22-18(26-15)20-17(24)19-14-9-4-7-12-6-2-3-8-13(12)14/h2-3,6,8,14H,4-5,7,9-11H2,1H3,(H2,19,20,22,24). The van der Waals surface area contributed by atoms with Gasteiger partial charge in [-0.1, -0.05) is 35.6 Å². The van der Waals surface area contributed by atoms with Gasteiger partial charge in [-0.2, -0.15) is 0 Å². The number of fused-ring (bicyclic) bond motifs is 1. The highest BCUT2D eigenvalue weighted by atomic mass is 32.1. The van der Waals surface area contributed by atoms with Crippen LogP contribution < -0.4 is 10.6 Å². The molecule has 0 radical (unpaired) electrons. The van der Waals surface area contributed by atoms with Crippen molar-refractivity contribution in [2.24, 2.45) is 0 Å². The van der Waals surface area contributed by atoms with Crippen LogP contribution in [-0.2, 0) is 22.4 Å². The van der Waals surface area contributed by atoms with Crippen LogP contribution in [0.15, 0.2) is 24.3 Å². The summed E-state index contributed by atoms with van der Waals surface area (Å²) >= 11 is 1.32. The van der Waals surface area contributed by atoms with Gasteiger partial charge >= 0.3 is 12.0 Å². The molecule has 3 rings (SSSR count). The molecule has 8 heteroatoms. The van der Waals surface area contributed by atoms with E-state index in [-0.39, 0.29) is 18.0 Å². The van der Waals surface area contributed by atoms with E-state index in [1.807, 2.05) is 12.1 Å². The molecule has 0 saturated carbocycles. The molecule has 0 aliphatic heterocycles. The van der Waals surface area contributed by atoms with E-state index >= 15 is 0 Å². The van der Waals surface area contributed by atoms with E-state index in [1.165, 1.54) is 29.6 Å². The number of rotatable bonds is 6. The first kappa shape index (κ1) is 18.3. The molecule has 1 unspecified atom stereocenters. The van der Waals surface area contributed by atoms with Crippen LogP contribution in [0, 0.1) is 0 Å². The average Bonchev–Trinajstić information content (AvgIpc) is 3.09. The van der Waals surface area contributed by atoms with E-state index in [0.29, 0.717) is 24.4 Å². The van der Waals surface area contributed by atoms with Crippen LogP contribution >= 0.6 is 11.3 Å². The number of aromatic nitrogens is 2. The summed E-state index contributed by atoms with van der Waals surface area (Å²) in [5.74, 6) is -0.236.